The summed E-state index contributed by atoms with van der Waals surface area (Å²) >= 11 is 2.91. The molecule has 2 aromatic heterocycles. The van der Waals surface area contributed by atoms with Crippen LogP contribution in [0.3, 0.4) is 0 Å². The van der Waals surface area contributed by atoms with Crippen LogP contribution in [0.4, 0.5) is 5.69 Å². The lowest BCUT2D eigenvalue weighted by Crippen LogP contribution is -2.27. The van der Waals surface area contributed by atoms with Crippen LogP contribution in [-0.4, -0.2) is 46.9 Å². The first kappa shape index (κ1) is 20.4. The van der Waals surface area contributed by atoms with Crippen LogP contribution >= 0.6 is 23.1 Å². The number of thiophene rings is 1. The second-order valence-electron chi connectivity index (χ2n) is 6.21. The summed E-state index contributed by atoms with van der Waals surface area (Å²) < 4.78 is 5.72. The Bertz CT molecular complexity index is 874. The van der Waals surface area contributed by atoms with E-state index in [1.165, 1.54) is 17.4 Å². The van der Waals surface area contributed by atoms with Crippen LogP contribution in [0.15, 0.2) is 51.4 Å². The van der Waals surface area contributed by atoms with E-state index in [-0.39, 0.29) is 11.7 Å². The largest absolute Gasteiger partial charge is 0.411 e. The van der Waals surface area contributed by atoms with Crippen molar-refractivity contribution in [3.8, 4) is 11.5 Å². The van der Waals surface area contributed by atoms with Gasteiger partial charge in [0.2, 0.25) is 11.8 Å². The fraction of sp³-hybridized carbons (Fsp3) is 0.350. The van der Waals surface area contributed by atoms with Gasteiger partial charge in [-0.1, -0.05) is 17.8 Å². The van der Waals surface area contributed by atoms with Gasteiger partial charge in [0.25, 0.3) is 5.22 Å². The second-order valence-corrected chi connectivity index (χ2v) is 8.17. The van der Waals surface area contributed by atoms with Crippen molar-refractivity contribution in [3.05, 3.63) is 46.7 Å². The number of anilines is 1. The molecule has 0 N–H and O–H groups in total. The molecule has 28 heavy (non-hydrogen) atoms. The van der Waals surface area contributed by atoms with Crippen LogP contribution in [0.5, 0.6) is 0 Å². The number of hydrogen-bond donors (Lipinski definition) is 0. The van der Waals surface area contributed by atoms with Gasteiger partial charge in [-0.15, -0.1) is 21.5 Å². The molecular formula is C20H24N4O2S2. The molecule has 0 aliphatic carbocycles. The molecule has 0 spiro atoms. The highest BCUT2D eigenvalue weighted by Gasteiger charge is 2.14. The van der Waals surface area contributed by atoms with E-state index in [2.05, 4.69) is 41.1 Å². The van der Waals surface area contributed by atoms with Crippen LogP contribution < -0.4 is 4.90 Å². The van der Waals surface area contributed by atoms with Gasteiger partial charge in [-0.05, 0) is 49.6 Å². The minimum absolute atomic E-state index is 0.0294. The Kier molecular flexibility index (Phi) is 7.11. The number of rotatable bonds is 9. The number of hydrogen-bond acceptors (Lipinski definition) is 7. The van der Waals surface area contributed by atoms with Gasteiger partial charge < -0.3 is 14.2 Å². The third kappa shape index (κ3) is 5.14. The number of carbonyl (C=O) groups is 1. The molecule has 6 nitrogen and oxygen atoms in total. The first-order valence-corrected chi connectivity index (χ1v) is 11.0. The fourth-order valence-electron chi connectivity index (χ4n) is 2.75. The Balaban J connectivity index is 1.56. The summed E-state index contributed by atoms with van der Waals surface area (Å²) in [5, 5.41) is 10.6. The molecule has 0 aliphatic heterocycles. The average Bonchev–Trinajstić information content (AvgIpc) is 3.39. The van der Waals surface area contributed by atoms with Gasteiger partial charge in [-0.3, -0.25) is 4.79 Å². The van der Waals surface area contributed by atoms with Crippen molar-refractivity contribution in [2.45, 2.75) is 25.6 Å². The van der Waals surface area contributed by atoms with Gasteiger partial charge in [-0.2, -0.15) is 0 Å². The molecule has 3 aromatic rings. The summed E-state index contributed by atoms with van der Waals surface area (Å²) in [7, 11) is 1.80. The van der Waals surface area contributed by atoms with Crippen LogP contribution in [0, 0.1) is 0 Å². The Hall–Kier alpha value is -2.32. The number of aromatic nitrogens is 2. The van der Waals surface area contributed by atoms with E-state index in [0.29, 0.717) is 17.7 Å². The number of carbonyl (C=O) groups excluding carboxylic acids is 1. The molecule has 3 rings (SSSR count). The Morgan fingerprint density at radius 2 is 1.89 bits per heavy atom. The highest BCUT2D eigenvalue weighted by Crippen LogP contribution is 2.25. The van der Waals surface area contributed by atoms with Crippen LogP contribution in [-0.2, 0) is 11.3 Å². The van der Waals surface area contributed by atoms with Gasteiger partial charge in [0.05, 0.1) is 12.3 Å². The quantitative estimate of drug-likeness (QED) is 0.482. The van der Waals surface area contributed by atoms with E-state index in [9.17, 15) is 4.79 Å². The summed E-state index contributed by atoms with van der Waals surface area (Å²) in [5.41, 5.74) is 2.04. The molecule has 0 radical (unpaired) electrons. The van der Waals surface area contributed by atoms with E-state index >= 15 is 0 Å². The first-order chi connectivity index (χ1) is 13.6. The normalized spacial score (nSPS) is 10.8. The number of thioether (sulfide) groups is 1. The lowest BCUT2D eigenvalue weighted by atomic mass is 10.2. The van der Waals surface area contributed by atoms with Gasteiger partial charge in [0, 0.05) is 36.3 Å². The highest BCUT2D eigenvalue weighted by molar-refractivity contribution is 7.99. The molecule has 2 heterocycles. The van der Waals surface area contributed by atoms with E-state index < -0.39 is 0 Å². The smallest absolute Gasteiger partial charge is 0.277 e. The summed E-state index contributed by atoms with van der Waals surface area (Å²) in [6.45, 7) is 6.82. The molecule has 0 saturated heterocycles. The fourth-order valence-corrected chi connectivity index (χ4v) is 4.21. The van der Waals surface area contributed by atoms with Crippen molar-refractivity contribution >= 4 is 34.7 Å². The van der Waals surface area contributed by atoms with Crippen LogP contribution in [0.2, 0.25) is 0 Å². The Morgan fingerprint density at radius 1 is 1.14 bits per heavy atom. The van der Waals surface area contributed by atoms with Crippen molar-refractivity contribution in [1.29, 1.82) is 0 Å². The molecule has 0 saturated carbocycles. The molecule has 0 fully saturated rings. The maximum Gasteiger partial charge on any atom is 0.277 e. The molecule has 8 heteroatoms. The summed E-state index contributed by atoms with van der Waals surface area (Å²) in [5.74, 6) is 0.763. The predicted octanol–water partition coefficient (Wildman–Crippen LogP) is 4.40. The SMILES string of the molecule is CCN(CC)c1ccc(-c2nnc(SCC(=O)N(C)Cc3cccs3)o2)cc1. The molecule has 0 atom stereocenters. The van der Waals surface area contributed by atoms with Crippen molar-refractivity contribution in [2.24, 2.45) is 0 Å². The van der Waals surface area contributed by atoms with Crippen molar-refractivity contribution in [3.63, 3.8) is 0 Å². The van der Waals surface area contributed by atoms with Gasteiger partial charge >= 0.3 is 0 Å². The molecule has 0 bridgehead atoms. The number of nitrogens with zero attached hydrogens (tertiary/aromatic N) is 4. The number of amides is 1. The van der Waals surface area contributed by atoms with E-state index in [1.807, 2.05) is 29.6 Å². The lowest BCUT2D eigenvalue weighted by molar-refractivity contribution is -0.127. The number of benzene rings is 1. The summed E-state index contributed by atoms with van der Waals surface area (Å²) in [6.07, 6.45) is 0. The van der Waals surface area contributed by atoms with E-state index in [4.69, 9.17) is 4.42 Å². The second kappa shape index (κ2) is 9.75. The molecule has 148 valence electrons. The minimum Gasteiger partial charge on any atom is -0.411 e. The summed E-state index contributed by atoms with van der Waals surface area (Å²) in [6, 6.07) is 12.1. The van der Waals surface area contributed by atoms with Crippen molar-refractivity contribution < 1.29 is 9.21 Å². The summed E-state index contributed by atoms with van der Waals surface area (Å²) in [4.78, 5) is 17.4. The van der Waals surface area contributed by atoms with Gasteiger partial charge in [0.1, 0.15) is 0 Å². The van der Waals surface area contributed by atoms with Crippen LogP contribution in [0.25, 0.3) is 11.5 Å². The minimum atomic E-state index is 0.0294. The predicted molar refractivity (Wildman–Crippen MR) is 115 cm³/mol. The zero-order chi connectivity index (χ0) is 19.9. The maximum absolute atomic E-state index is 12.3. The lowest BCUT2D eigenvalue weighted by Gasteiger charge is -2.20. The van der Waals surface area contributed by atoms with Gasteiger partial charge in [0.15, 0.2) is 0 Å². The molecule has 1 aromatic carbocycles. The monoisotopic (exact) mass is 416 g/mol. The third-order valence-corrected chi connectivity index (χ3v) is 6.03. The maximum atomic E-state index is 12.3. The van der Waals surface area contributed by atoms with Gasteiger partial charge in [-0.25, -0.2) is 0 Å². The zero-order valence-electron chi connectivity index (χ0n) is 16.3. The average molecular weight is 417 g/mol. The first-order valence-electron chi connectivity index (χ1n) is 9.18. The highest BCUT2D eigenvalue weighted by atomic mass is 32.2. The standard InChI is InChI=1S/C20H24N4O2S2/c1-4-24(5-2)16-10-8-15(9-11-16)19-21-22-20(26-19)28-14-18(25)23(3)13-17-7-6-12-27-17/h6-12H,4-5,13-14H2,1-3H3. The third-order valence-electron chi connectivity index (χ3n) is 4.37. The Morgan fingerprint density at radius 3 is 2.54 bits per heavy atom. The van der Waals surface area contributed by atoms with E-state index in [0.717, 1.165) is 23.5 Å². The Labute approximate surface area is 173 Å². The zero-order valence-corrected chi connectivity index (χ0v) is 17.9. The van der Waals surface area contributed by atoms with Crippen molar-refractivity contribution in [2.75, 3.05) is 30.8 Å². The molecule has 1 amide bonds. The van der Waals surface area contributed by atoms with E-state index in [1.54, 1.807) is 23.3 Å². The van der Waals surface area contributed by atoms with Crippen molar-refractivity contribution in [1.82, 2.24) is 15.1 Å². The van der Waals surface area contributed by atoms with Crippen LogP contribution in [0.1, 0.15) is 18.7 Å². The molecular weight excluding hydrogens is 392 g/mol. The topological polar surface area (TPSA) is 62.5 Å². The molecule has 0 unspecified atom stereocenters. The molecule has 0 aliphatic rings.